The molecule has 0 spiro atoms. The maximum atomic E-state index is 10.9. The predicted octanol–water partition coefficient (Wildman–Crippen LogP) is 1.57. The summed E-state index contributed by atoms with van der Waals surface area (Å²) in [6.45, 7) is 1.94. The molecule has 9 heavy (non-hydrogen) atoms. The van der Waals surface area contributed by atoms with E-state index in [-0.39, 0.29) is 5.24 Å². The van der Waals surface area contributed by atoms with Crippen LogP contribution in [0.5, 0.6) is 0 Å². The molecule has 0 aromatic rings. The van der Waals surface area contributed by atoms with Crippen molar-refractivity contribution in [3.63, 3.8) is 0 Å². The summed E-state index contributed by atoms with van der Waals surface area (Å²) in [6, 6.07) is 0. The third-order valence-electron chi connectivity index (χ3n) is 1.54. The molecule has 1 rings (SSSR count). The second kappa shape index (κ2) is 3.11. The van der Waals surface area contributed by atoms with Gasteiger partial charge in [0.25, 0.3) is 5.24 Å². The highest BCUT2D eigenvalue weighted by Gasteiger charge is 2.15. The van der Waals surface area contributed by atoms with Crippen molar-refractivity contribution in [1.82, 2.24) is 4.90 Å². The molecular formula is C6H11NOS. The van der Waals surface area contributed by atoms with Gasteiger partial charge >= 0.3 is 0 Å². The zero-order valence-corrected chi connectivity index (χ0v) is 6.41. The van der Waals surface area contributed by atoms with E-state index in [1.165, 1.54) is 24.6 Å². The molecule has 52 valence electrons. The van der Waals surface area contributed by atoms with Crippen LogP contribution in [0.4, 0.5) is 4.79 Å². The molecule has 1 heterocycles. The second-order valence-electron chi connectivity index (χ2n) is 2.16. The van der Waals surface area contributed by atoms with Gasteiger partial charge < -0.3 is 4.90 Å². The lowest BCUT2D eigenvalue weighted by atomic mass is 10.4. The summed E-state index contributed by atoms with van der Waals surface area (Å²) in [5, 5.41) is 0.229. The minimum atomic E-state index is 0.229. The highest BCUT2D eigenvalue weighted by molar-refractivity contribution is 8.12. The van der Waals surface area contributed by atoms with Crippen molar-refractivity contribution in [2.45, 2.75) is 12.8 Å². The van der Waals surface area contributed by atoms with Crippen LogP contribution >= 0.6 is 11.8 Å². The molecule has 0 unspecified atom stereocenters. The molecule has 1 aliphatic heterocycles. The Bertz CT molecular complexity index is 110. The standard InChI is InChI=1S/C6H11NOS/c1-9-6(8)7-4-2-3-5-7/h2-5H2,1H3. The molecule has 1 amide bonds. The second-order valence-corrected chi connectivity index (χ2v) is 2.92. The summed E-state index contributed by atoms with van der Waals surface area (Å²) in [4.78, 5) is 12.8. The van der Waals surface area contributed by atoms with E-state index in [9.17, 15) is 4.79 Å². The van der Waals surface area contributed by atoms with Gasteiger partial charge in [-0.15, -0.1) is 0 Å². The lowest BCUT2D eigenvalue weighted by Gasteiger charge is -2.11. The molecule has 0 aliphatic carbocycles. The van der Waals surface area contributed by atoms with Crippen molar-refractivity contribution >= 4 is 17.0 Å². The van der Waals surface area contributed by atoms with Gasteiger partial charge in [0, 0.05) is 13.1 Å². The Kier molecular flexibility index (Phi) is 2.39. The summed E-state index contributed by atoms with van der Waals surface area (Å²) >= 11 is 1.31. The summed E-state index contributed by atoms with van der Waals surface area (Å²) in [7, 11) is 0. The van der Waals surface area contributed by atoms with E-state index in [2.05, 4.69) is 0 Å². The third-order valence-corrected chi connectivity index (χ3v) is 2.15. The van der Waals surface area contributed by atoms with Gasteiger partial charge in [-0.1, -0.05) is 11.8 Å². The van der Waals surface area contributed by atoms with Gasteiger partial charge in [-0.3, -0.25) is 4.79 Å². The first-order chi connectivity index (χ1) is 4.34. The predicted molar refractivity (Wildman–Crippen MR) is 39.7 cm³/mol. The number of hydrogen-bond acceptors (Lipinski definition) is 2. The number of thioether (sulfide) groups is 1. The molecule has 2 nitrogen and oxygen atoms in total. The van der Waals surface area contributed by atoms with Crippen LogP contribution < -0.4 is 0 Å². The lowest BCUT2D eigenvalue weighted by molar-refractivity contribution is 0.233. The molecule has 0 atom stereocenters. The van der Waals surface area contributed by atoms with Gasteiger partial charge in [0.1, 0.15) is 0 Å². The van der Waals surface area contributed by atoms with Gasteiger partial charge in [0.2, 0.25) is 0 Å². The average molecular weight is 145 g/mol. The molecule has 0 aromatic heterocycles. The van der Waals surface area contributed by atoms with Crippen LogP contribution in [0.2, 0.25) is 0 Å². The molecule has 1 aliphatic rings. The highest BCUT2D eigenvalue weighted by Crippen LogP contribution is 2.12. The normalized spacial score (nSPS) is 18.6. The minimum absolute atomic E-state index is 0.229. The maximum Gasteiger partial charge on any atom is 0.281 e. The zero-order valence-electron chi connectivity index (χ0n) is 5.59. The number of carbonyl (C=O) groups excluding carboxylic acids is 1. The summed E-state index contributed by atoms with van der Waals surface area (Å²) < 4.78 is 0. The number of carbonyl (C=O) groups is 1. The van der Waals surface area contributed by atoms with E-state index < -0.39 is 0 Å². The fourth-order valence-corrected chi connectivity index (χ4v) is 1.47. The van der Waals surface area contributed by atoms with Crippen molar-refractivity contribution in [1.29, 1.82) is 0 Å². The fourth-order valence-electron chi connectivity index (χ4n) is 1.03. The Morgan fingerprint density at radius 3 is 2.44 bits per heavy atom. The van der Waals surface area contributed by atoms with E-state index in [4.69, 9.17) is 0 Å². The lowest BCUT2D eigenvalue weighted by Crippen LogP contribution is -2.22. The molecule has 3 heteroatoms. The molecule has 0 saturated carbocycles. The monoisotopic (exact) mass is 145 g/mol. The number of hydrogen-bond donors (Lipinski definition) is 0. The SMILES string of the molecule is CSC(=O)N1CCCC1. The quantitative estimate of drug-likeness (QED) is 0.515. The van der Waals surface area contributed by atoms with Crippen LogP contribution in [-0.2, 0) is 0 Å². The van der Waals surface area contributed by atoms with E-state index in [1.54, 1.807) is 0 Å². The molecule has 0 bridgehead atoms. The Labute approximate surface area is 59.6 Å². The first kappa shape index (κ1) is 6.93. The third kappa shape index (κ3) is 1.61. The Morgan fingerprint density at radius 1 is 1.44 bits per heavy atom. The molecular weight excluding hydrogens is 134 g/mol. The summed E-state index contributed by atoms with van der Waals surface area (Å²) in [5.74, 6) is 0. The van der Waals surface area contributed by atoms with Gasteiger partial charge in [0.15, 0.2) is 0 Å². The van der Waals surface area contributed by atoms with Crippen LogP contribution in [0.15, 0.2) is 0 Å². The first-order valence-corrected chi connectivity index (χ1v) is 4.40. The Balaban J connectivity index is 2.32. The molecule has 1 saturated heterocycles. The maximum absolute atomic E-state index is 10.9. The molecule has 0 N–H and O–H groups in total. The summed E-state index contributed by atoms with van der Waals surface area (Å²) in [5.41, 5.74) is 0. The van der Waals surface area contributed by atoms with Gasteiger partial charge in [-0.05, 0) is 19.1 Å². The first-order valence-electron chi connectivity index (χ1n) is 3.17. The van der Waals surface area contributed by atoms with E-state index in [0.717, 1.165) is 13.1 Å². The van der Waals surface area contributed by atoms with E-state index >= 15 is 0 Å². The topological polar surface area (TPSA) is 20.3 Å². The Hall–Kier alpha value is -0.180. The van der Waals surface area contributed by atoms with E-state index in [1.807, 2.05) is 11.2 Å². The average Bonchev–Trinajstić information content (AvgIpc) is 2.37. The van der Waals surface area contributed by atoms with Crippen LogP contribution in [-0.4, -0.2) is 29.5 Å². The van der Waals surface area contributed by atoms with Crippen molar-refractivity contribution < 1.29 is 4.79 Å². The van der Waals surface area contributed by atoms with Crippen LogP contribution in [0.1, 0.15) is 12.8 Å². The molecule has 0 aromatic carbocycles. The van der Waals surface area contributed by atoms with Crippen LogP contribution in [0.3, 0.4) is 0 Å². The minimum Gasteiger partial charge on any atom is -0.334 e. The van der Waals surface area contributed by atoms with Crippen molar-refractivity contribution in [2.24, 2.45) is 0 Å². The van der Waals surface area contributed by atoms with Crippen molar-refractivity contribution in [3.05, 3.63) is 0 Å². The fraction of sp³-hybridized carbons (Fsp3) is 0.833. The van der Waals surface area contributed by atoms with Gasteiger partial charge in [-0.2, -0.15) is 0 Å². The molecule has 1 fully saturated rings. The molecule has 0 radical (unpaired) electrons. The Morgan fingerprint density at radius 2 is 2.00 bits per heavy atom. The zero-order chi connectivity index (χ0) is 6.69. The van der Waals surface area contributed by atoms with Crippen LogP contribution in [0, 0.1) is 0 Å². The number of amides is 1. The number of likely N-dealkylation sites (tertiary alicyclic amines) is 1. The largest absolute Gasteiger partial charge is 0.334 e. The van der Waals surface area contributed by atoms with Crippen molar-refractivity contribution in [2.75, 3.05) is 19.3 Å². The van der Waals surface area contributed by atoms with Gasteiger partial charge in [0.05, 0.1) is 0 Å². The van der Waals surface area contributed by atoms with Crippen LogP contribution in [0.25, 0.3) is 0 Å². The van der Waals surface area contributed by atoms with Crippen molar-refractivity contribution in [3.8, 4) is 0 Å². The smallest absolute Gasteiger partial charge is 0.281 e. The van der Waals surface area contributed by atoms with Gasteiger partial charge in [-0.25, -0.2) is 0 Å². The van der Waals surface area contributed by atoms with E-state index in [0.29, 0.717) is 0 Å². The highest BCUT2D eigenvalue weighted by atomic mass is 32.2. The summed E-state index contributed by atoms with van der Waals surface area (Å²) in [6.07, 6.45) is 4.21. The number of nitrogens with zero attached hydrogens (tertiary/aromatic N) is 1. The number of rotatable bonds is 0.